The van der Waals surface area contributed by atoms with Gasteiger partial charge < -0.3 is 10.8 Å². The van der Waals surface area contributed by atoms with Gasteiger partial charge in [-0.3, -0.25) is 9.00 Å². The average Bonchev–Trinajstić information content (AvgIpc) is 1.87. The van der Waals surface area contributed by atoms with Crippen molar-refractivity contribution in [1.29, 1.82) is 0 Å². The van der Waals surface area contributed by atoms with Crippen LogP contribution in [-0.2, 0) is 15.6 Å². The maximum absolute atomic E-state index is 10.7. The van der Waals surface area contributed by atoms with Crippen LogP contribution in [0.2, 0.25) is 0 Å². The van der Waals surface area contributed by atoms with Gasteiger partial charge in [0.1, 0.15) is 6.04 Å². The molecule has 0 heterocycles. The molecule has 0 spiro atoms. The second-order valence-corrected chi connectivity index (χ2v) is 3.63. The summed E-state index contributed by atoms with van der Waals surface area (Å²) < 4.78 is 10.7. The molecular weight excluding hydrogens is 154 g/mol. The molecule has 1 unspecified atom stereocenters. The Morgan fingerprint density at radius 3 is 2.60 bits per heavy atom. The van der Waals surface area contributed by atoms with Crippen LogP contribution in [0.4, 0.5) is 0 Å². The van der Waals surface area contributed by atoms with Gasteiger partial charge in [0.2, 0.25) is 0 Å². The summed E-state index contributed by atoms with van der Waals surface area (Å²) in [6.45, 7) is 1.73. The predicted octanol–water partition coefficient (Wildman–Crippen LogP) is -0.833. The lowest BCUT2D eigenvalue weighted by Crippen LogP contribution is -2.35. The predicted molar refractivity (Wildman–Crippen MR) is 39.2 cm³/mol. The van der Waals surface area contributed by atoms with E-state index in [2.05, 4.69) is 0 Å². The standard InChI is InChI=1S/C5H11NO3S/c1-2-10(9)3-4(6)5(7)8/h4H,2-3,6H2,1H3,(H,7,8)/t4-,10?/m1/s1. The van der Waals surface area contributed by atoms with E-state index in [0.717, 1.165) is 0 Å². The van der Waals surface area contributed by atoms with Crippen LogP contribution in [0, 0.1) is 0 Å². The third-order valence-corrected chi connectivity index (χ3v) is 2.38. The van der Waals surface area contributed by atoms with Gasteiger partial charge in [0.15, 0.2) is 0 Å². The van der Waals surface area contributed by atoms with Crippen LogP contribution in [-0.4, -0.2) is 32.8 Å². The molecule has 0 aliphatic rings. The molecule has 0 radical (unpaired) electrons. The van der Waals surface area contributed by atoms with Crippen molar-refractivity contribution in [3.8, 4) is 0 Å². The summed E-state index contributed by atoms with van der Waals surface area (Å²) in [5.41, 5.74) is 5.10. The summed E-state index contributed by atoms with van der Waals surface area (Å²) in [6, 6.07) is -0.985. The van der Waals surface area contributed by atoms with Crippen molar-refractivity contribution >= 4 is 16.8 Å². The number of rotatable bonds is 4. The van der Waals surface area contributed by atoms with E-state index in [1.165, 1.54) is 0 Å². The van der Waals surface area contributed by atoms with Crippen LogP contribution >= 0.6 is 0 Å². The first kappa shape index (κ1) is 9.58. The summed E-state index contributed by atoms with van der Waals surface area (Å²) in [7, 11) is -1.08. The Morgan fingerprint density at radius 1 is 1.80 bits per heavy atom. The Labute approximate surface area is 61.9 Å². The minimum Gasteiger partial charge on any atom is -0.480 e. The largest absolute Gasteiger partial charge is 0.480 e. The van der Waals surface area contributed by atoms with Gasteiger partial charge in [-0.2, -0.15) is 0 Å². The molecule has 0 aromatic carbocycles. The van der Waals surface area contributed by atoms with Gasteiger partial charge in [-0.15, -0.1) is 0 Å². The molecular formula is C5H11NO3S. The van der Waals surface area contributed by atoms with Gasteiger partial charge >= 0.3 is 5.97 Å². The summed E-state index contributed by atoms with van der Waals surface area (Å²) in [5.74, 6) is -0.589. The van der Waals surface area contributed by atoms with Gasteiger partial charge in [-0.1, -0.05) is 6.92 Å². The molecule has 3 N–H and O–H groups in total. The van der Waals surface area contributed by atoms with E-state index in [1.54, 1.807) is 6.92 Å². The molecule has 0 bridgehead atoms. The van der Waals surface area contributed by atoms with E-state index >= 15 is 0 Å². The number of hydrogen-bond acceptors (Lipinski definition) is 3. The third-order valence-electron chi connectivity index (χ3n) is 1.00. The van der Waals surface area contributed by atoms with E-state index in [9.17, 15) is 9.00 Å². The topological polar surface area (TPSA) is 80.4 Å². The summed E-state index contributed by atoms with van der Waals surface area (Å²) >= 11 is 0. The molecule has 0 aromatic heterocycles. The molecule has 4 nitrogen and oxygen atoms in total. The van der Waals surface area contributed by atoms with Gasteiger partial charge in [0, 0.05) is 22.3 Å². The van der Waals surface area contributed by atoms with Crippen LogP contribution in [0.15, 0.2) is 0 Å². The highest BCUT2D eigenvalue weighted by Crippen LogP contribution is 1.86. The Bertz CT molecular complexity index is 148. The van der Waals surface area contributed by atoms with E-state index < -0.39 is 22.8 Å². The molecule has 0 aromatic rings. The molecule has 60 valence electrons. The van der Waals surface area contributed by atoms with Gasteiger partial charge in [-0.05, 0) is 0 Å². The lowest BCUT2D eigenvalue weighted by Gasteiger charge is -2.02. The highest BCUT2D eigenvalue weighted by atomic mass is 32.2. The van der Waals surface area contributed by atoms with Gasteiger partial charge in [-0.25, -0.2) is 0 Å². The van der Waals surface area contributed by atoms with Crippen molar-refractivity contribution in [2.24, 2.45) is 5.73 Å². The van der Waals surface area contributed by atoms with Crippen molar-refractivity contribution in [2.75, 3.05) is 11.5 Å². The first-order valence-corrected chi connectivity index (χ1v) is 4.40. The SMILES string of the molecule is CCS(=O)C[C@@H](N)C(=O)O. The summed E-state index contributed by atoms with van der Waals surface area (Å²) in [5, 5.41) is 8.27. The summed E-state index contributed by atoms with van der Waals surface area (Å²) in [6.07, 6.45) is 0. The molecule has 0 fully saturated rings. The lowest BCUT2D eigenvalue weighted by atomic mass is 10.4. The Morgan fingerprint density at radius 2 is 2.30 bits per heavy atom. The quantitative estimate of drug-likeness (QED) is 0.569. The monoisotopic (exact) mass is 165 g/mol. The van der Waals surface area contributed by atoms with Crippen molar-refractivity contribution in [2.45, 2.75) is 13.0 Å². The first-order valence-electron chi connectivity index (χ1n) is 2.91. The zero-order chi connectivity index (χ0) is 8.15. The number of carboxylic acids is 1. The fourth-order valence-electron chi connectivity index (χ4n) is 0.389. The molecule has 10 heavy (non-hydrogen) atoms. The highest BCUT2D eigenvalue weighted by Gasteiger charge is 2.13. The Hall–Kier alpha value is -0.420. The molecule has 0 saturated carbocycles. The van der Waals surface area contributed by atoms with Crippen LogP contribution in [0.5, 0.6) is 0 Å². The molecule has 0 saturated heterocycles. The molecule has 0 amide bonds. The van der Waals surface area contributed by atoms with Crippen LogP contribution < -0.4 is 5.73 Å². The first-order chi connectivity index (χ1) is 4.57. The van der Waals surface area contributed by atoms with Crippen molar-refractivity contribution in [3.63, 3.8) is 0 Å². The highest BCUT2D eigenvalue weighted by molar-refractivity contribution is 7.85. The number of nitrogens with two attached hydrogens (primary N) is 1. The molecule has 0 aliphatic carbocycles. The second-order valence-electron chi connectivity index (χ2n) is 1.84. The van der Waals surface area contributed by atoms with Crippen molar-refractivity contribution < 1.29 is 14.1 Å². The Balaban J connectivity index is 3.68. The number of carbonyl (C=O) groups is 1. The zero-order valence-electron chi connectivity index (χ0n) is 5.74. The van der Waals surface area contributed by atoms with E-state index in [-0.39, 0.29) is 5.75 Å². The zero-order valence-corrected chi connectivity index (χ0v) is 6.56. The number of hydrogen-bond donors (Lipinski definition) is 2. The van der Waals surface area contributed by atoms with Gasteiger partial charge in [0.25, 0.3) is 0 Å². The van der Waals surface area contributed by atoms with E-state index in [1.807, 2.05) is 0 Å². The van der Waals surface area contributed by atoms with Crippen LogP contribution in [0.1, 0.15) is 6.92 Å². The fraction of sp³-hybridized carbons (Fsp3) is 0.800. The second kappa shape index (κ2) is 4.40. The molecule has 0 aliphatic heterocycles. The minimum absolute atomic E-state index is 0.0475. The normalized spacial score (nSPS) is 16.2. The molecule has 5 heteroatoms. The maximum Gasteiger partial charge on any atom is 0.321 e. The number of aliphatic carboxylic acids is 1. The van der Waals surface area contributed by atoms with E-state index in [0.29, 0.717) is 5.75 Å². The van der Waals surface area contributed by atoms with E-state index in [4.69, 9.17) is 10.8 Å². The molecule has 2 atom stereocenters. The van der Waals surface area contributed by atoms with Gasteiger partial charge in [0.05, 0.1) is 0 Å². The molecule has 0 rings (SSSR count). The smallest absolute Gasteiger partial charge is 0.321 e. The van der Waals surface area contributed by atoms with Crippen molar-refractivity contribution in [1.82, 2.24) is 0 Å². The maximum atomic E-state index is 10.7. The van der Waals surface area contributed by atoms with Crippen molar-refractivity contribution in [3.05, 3.63) is 0 Å². The third kappa shape index (κ3) is 3.58. The van der Waals surface area contributed by atoms with Crippen LogP contribution in [0.3, 0.4) is 0 Å². The minimum atomic E-state index is -1.10. The number of carboxylic acid groups (broad SMARTS) is 1. The van der Waals surface area contributed by atoms with Crippen LogP contribution in [0.25, 0.3) is 0 Å². The summed E-state index contributed by atoms with van der Waals surface area (Å²) in [4.78, 5) is 10.1. The lowest BCUT2D eigenvalue weighted by molar-refractivity contribution is -0.137. The average molecular weight is 165 g/mol. The Kier molecular flexibility index (Phi) is 4.22. The fourth-order valence-corrected chi connectivity index (χ4v) is 1.17.